The summed E-state index contributed by atoms with van der Waals surface area (Å²) in [4.78, 5) is 11.2. The van der Waals surface area contributed by atoms with Gasteiger partial charge >= 0.3 is 0 Å². The highest BCUT2D eigenvalue weighted by Gasteiger charge is 2.28. The van der Waals surface area contributed by atoms with E-state index in [9.17, 15) is 4.39 Å². The van der Waals surface area contributed by atoms with E-state index >= 15 is 0 Å². The molecule has 0 amide bonds. The van der Waals surface area contributed by atoms with Gasteiger partial charge in [0.15, 0.2) is 5.96 Å². The molecule has 3 rings (SSSR count). The van der Waals surface area contributed by atoms with Crippen molar-refractivity contribution in [1.29, 1.82) is 0 Å². The highest BCUT2D eigenvalue weighted by atomic mass is 127. The molecule has 2 aromatic rings. The van der Waals surface area contributed by atoms with Gasteiger partial charge in [0, 0.05) is 32.0 Å². The molecule has 1 fully saturated rings. The number of halogens is 2. The van der Waals surface area contributed by atoms with Crippen LogP contribution < -0.4 is 5.32 Å². The molecule has 1 aromatic heterocycles. The van der Waals surface area contributed by atoms with Crippen LogP contribution in [0.15, 0.2) is 47.7 Å². The summed E-state index contributed by atoms with van der Waals surface area (Å²) in [5, 5.41) is 3.40. The molecule has 1 saturated heterocycles. The number of morpholine rings is 1. The zero-order valence-corrected chi connectivity index (χ0v) is 19.6. The second-order valence-electron chi connectivity index (χ2n) is 7.18. The average Bonchev–Trinajstić information content (AvgIpc) is 2.69. The van der Waals surface area contributed by atoms with E-state index in [-0.39, 0.29) is 42.0 Å². The predicted octanol–water partition coefficient (Wildman–Crippen LogP) is 4.12. The van der Waals surface area contributed by atoms with Crippen LogP contribution in [0.3, 0.4) is 0 Å². The molecule has 5 nitrogen and oxygen atoms in total. The molecule has 29 heavy (non-hydrogen) atoms. The van der Waals surface area contributed by atoms with Crippen molar-refractivity contribution in [2.75, 3.05) is 26.2 Å². The van der Waals surface area contributed by atoms with Crippen molar-refractivity contribution in [1.82, 2.24) is 15.2 Å². The van der Waals surface area contributed by atoms with Crippen molar-refractivity contribution in [2.24, 2.45) is 4.99 Å². The summed E-state index contributed by atoms with van der Waals surface area (Å²) in [6.07, 6.45) is 4.56. The molecule has 1 aliphatic rings. The number of hydrogen-bond acceptors (Lipinski definition) is 3. The number of guanidine groups is 1. The van der Waals surface area contributed by atoms with E-state index in [0.717, 1.165) is 31.0 Å². The first-order valence-corrected chi connectivity index (χ1v) is 9.90. The van der Waals surface area contributed by atoms with Crippen LogP contribution in [-0.4, -0.2) is 48.1 Å². The lowest BCUT2D eigenvalue weighted by atomic mass is 10.1. The lowest BCUT2D eigenvalue weighted by Gasteiger charge is -2.38. The SMILES string of the molecule is CCNC(=NCCc1ccncc1C)N1CC(C)OC(c2ccc(F)cc2)C1.I. The van der Waals surface area contributed by atoms with Gasteiger partial charge in [0.05, 0.1) is 12.6 Å². The maximum absolute atomic E-state index is 13.3. The number of hydrogen-bond donors (Lipinski definition) is 1. The quantitative estimate of drug-likeness (QED) is 0.372. The topological polar surface area (TPSA) is 49.8 Å². The number of nitrogens with one attached hydrogen (secondary N) is 1. The lowest BCUT2D eigenvalue weighted by Crippen LogP contribution is -2.50. The second-order valence-corrected chi connectivity index (χ2v) is 7.18. The molecule has 7 heteroatoms. The minimum atomic E-state index is -0.231. The summed E-state index contributed by atoms with van der Waals surface area (Å²) in [5.74, 6) is 0.669. The van der Waals surface area contributed by atoms with Gasteiger partial charge < -0.3 is 15.0 Å². The van der Waals surface area contributed by atoms with Gasteiger partial charge in [-0.05, 0) is 62.1 Å². The largest absolute Gasteiger partial charge is 0.367 e. The van der Waals surface area contributed by atoms with Crippen molar-refractivity contribution in [3.8, 4) is 0 Å². The molecule has 1 aliphatic heterocycles. The van der Waals surface area contributed by atoms with E-state index in [1.165, 1.54) is 23.3 Å². The minimum absolute atomic E-state index is 0. The Kier molecular flexibility index (Phi) is 9.29. The Morgan fingerprint density at radius 2 is 2.03 bits per heavy atom. The summed E-state index contributed by atoms with van der Waals surface area (Å²) >= 11 is 0. The van der Waals surface area contributed by atoms with Gasteiger partial charge in [0.25, 0.3) is 0 Å². The molecule has 0 spiro atoms. The normalized spacial score (nSPS) is 19.6. The maximum atomic E-state index is 13.3. The second kappa shape index (κ2) is 11.4. The molecule has 2 unspecified atom stereocenters. The highest BCUT2D eigenvalue weighted by molar-refractivity contribution is 14.0. The van der Waals surface area contributed by atoms with Gasteiger partial charge in [-0.2, -0.15) is 0 Å². The monoisotopic (exact) mass is 512 g/mol. The van der Waals surface area contributed by atoms with Crippen molar-refractivity contribution >= 4 is 29.9 Å². The van der Waals surface area contributed by atoms with Gasteiger partial charge in [-0.15, -0.1) is 24.0 Å². The molecule has 2 atom stereocenters. The maximum Gasteiger partial charge on any atom is 0.194 e. The van der Waals surface area contributed by atoms with Gasteiger partial charge in [-0.25, -0.2) is 4.39 Å². The first kappa shape index (κ1) is 23.5. The fraction of sp³-hybridized carbons (Fsp3) is 0.455. The molecule has 1 N–H and O–H groups in total. The third kappa shape index (κ3) is 6.64. The van der Waals surface area contributed by atoms with Gasteiger partial charge in [0.2, 0.25) is 0 Å². The van der Waals surface area contributed by atoms with Crippen molar-refractivity contribution in [2.45, 2.75) is 39.4 Å². The average molecular weight is 512 g/mol. The Morgan fingerprint density at radius 1 is 1.28 bits per heavy atom. The van der Waals surface area contributed by atoms with Gasteiger partial charge in [0.1, 0.15) is 11.9 Å². The van der Waals surface area contributed by atoms with E-state index in [1.54, 1.807) is 12.1 Å². The molecule has 0 radical (unpaired) electrons. The molecule has 0 bridgehead atoms. The Morgan fingerprint density at radius 3 is 2.72 bits per heavy atom. The lowest BCUT2D eigenvalue weighted by molar-refractivity contribution is -0.0605. The van der Waals surface area contributed by atoms with E-state index < -0.39 is 0 Å². The third-order valence-corrected chi connectivity index (χ3v) is 4.92. The minimum Gasteiger partial charge on any atom is -0.367 e. The van der Waals surface area contributed by atoms with Crippen LogP contribution in [0.5, 0.6) is 0 Å². The fourth-order valence-corrected chi connectivity index (χ4v) is 3.48. The Labute approximate surface area is 189 Å². The molecule has 2 heterocycles. The van der Waals surface area contributed by atoms with Crippen LogP contribution in [0.4, 0.5) is 4.39 Å². The summed E-state index contributed by atoms with van der Waals surface area (Å²) in [7, 11) is 0. The van der Waals surface area contributed by atoms with Crippen LogP contribution >= 0.6 is 24.0 Å². The zero-order valence-electron chi connectivity index (χ0n) is 17.3. The summed E-state index contributed by atoms with van der Waals surface area (Å²) in [6.45, 7) is 9.19. The Balaban J connectivity index is 0.00000300. The number of rotatable bonds is 5. The van der Waals surface area contributed by atoms with E-state index in [2.05, 4.69) is 42.0 Å². The predicted molar refractivity (Wildman–Crippen MR) is 125 cm³/mol. The van der Waals surface area contributed by atoms with Crippen LogP contribution in [0.2, 0.25) is 0 Å². The summed E-state index contributed by atoms with van der Waals surface area (Å²) < 4.78 is 19.4. The van der Waals surface area contributed by atoms with Crippen LogP contribution in [-0.2, 0) is 11.2 Å². The first-order chi connectivity index (χ1) is 13.6. The molecular weight excluding hydrogens is 482 g/mol. The van der Waals surface area contributed by atoms with Crippen LogP contribution in [0, 0.1) is 12.7 Å². The molecule has 0 aliphatic carbocycles. The number of nitrogens with zero attached hydrogens (tertiary/aromatic N) is 3. The number of ether oxygens (including phenoxy) is 1. The number of pyridine rings is 1. The van der Waals surface area contributed by atoms with Crippen molar-refractivity contribution in [3.05, 3.63) is 65.2 Å². The third-order valence-electron chi connectivity index (χ3n) is 4.92. The van der Waals surface area contributed by atoms with E-state index in [1.807, 2.05) is 12.4 Å². The molecule has 158 valence electrons. The van der Waals surface area contributed by atoms with Crippen LogP contribution in [0.1, 0.15) is 36.6 Å². The van der Waals surface area contributed by atoms with Gasteiger partial charge in [-0.1, -0.05) is 12.1 Å². The highest BCUT2D eigenvalue weighted by Crippen LogP contribution is 2.25. The first-order valence-electron chi connectivity index (χ1n) is 9.90. The van der Waals surface area contributed by atoms with Crippen molar-refractivity contribution < 1.29 is 9.13 Å². The Bertz CT molecular complexity index is 800. The summed E-state index contributed by atoms with van der Waals surface area (Å²) in [6, 6.07) is 8.62. The fourth-order valence-electron chi connectivity index (χ4n) is 3.48. The zero-order chi connectivity index (χ0) is 19.9. The molecular formula is C22H30FIN4O. The number of aliphatic imine (C=N–C) groups is 1. The van der Waals surface area contributed by atoms with E-state index in [0.29, 0.717) is 13.1 Å². The van der Waals surface area contributed by atoms with Crippen LogP contribution in [0.25, 0.3) is 0 Å². The molecule has 1 aromatic carbocycles. The van der Waals surface area contributed by atoms with Gasteiger partial charge in [-0.3, -0.25) is 9.98 Å². The standard InChI is InChI=1S/C22H29FN4O.HI/c1-4-25-22(26-12-10-18-9-11-24-13-16(18)2)27-14-17(3)28-21(15-27)19-5-7-20(23)8-6-19;/h5-9,11,13,17,21H,4,10,12,14-15H2,1-3H3,(H,25,26);1H. The number of aromatic nitrogens is 1. The summed E-state index contributed by atoms with van der Waals surface area (Å²) in [5.41, 5.74) is 3.45. The number of benzene rings is 1. The smallest absolute Gasteiger partial charge is 0.194 e. The Hall–Kier alpha value is -1.74. The number of aryl methyl sites for hydroxylation is 1. The van der Waals surface area contributed by atoms with Crippen molar-refractivity contribution in [3.63, 3.8) is 0 Å². The van der Waals surface area contributed by atoms with E-state index in [4.69, 9.17) is 9.73 Å². The molecule has 0 saturated carbocycles.